The summed E-state index contributed by atoms with van der Waals surface area (Å²) in [7, 11) is 0. The number of aromatic nitrogens is 3. The number of piperidine rings is 1. The molecule has 0 saturated carbocycles. The Kier molecular flexibility index (Phi) is 2.32. The first-order chi connectivity index (χ1) is 7.84. The quantitative estimate of drug-likeness (QED) is 0.788. The summed E-state index contributed by atoms with van der Waals surface area (Å²) in [5, 5.41) is 11.5. The van der Waals surface area contributed by atoms with Crippen LogP contribution in [0, 0.1) is 5.82 Å². The molecule has 1 aliphatic rings. The molecule has 0 unspecified atom stereocenters. The Hall–Kier alpha value is -1.49. The van der Waals surface area contributed by atoms with Crippen molar-refractivity contribution in [2.45, 2.75) is 18.8 Å². The van der Waals surface area contributed by atoms with Crippen LogP contribution < -0.4 is 5.32 Å². The highest BCUT2D eigenvalue weighted by atomic mass is 19.1. The molecule has 0 amide bonds. The fourth-order valence-corrected chi connectivity index (χ4v) is 2.24. The molecule has 84 valence electrons. The van der Waals surface area contributed by atoms with Gasteiger partial charge in [-0.2, -0.15) is 0 Å². The van der Waals surface area contributed by atoms with Crippen molar-refractivity contribution in [2.75, 3.05) is 13.1 Å². The highest BCUT2D eigenvalue weighted by molar-refractivity contribution is 5.38. The predicted molar refractivity (Wildman–Crippen MR) is 57.8 cm³/mol. The number of rotatable bonds is 1. The van der Waals surface area contributed by atoms with Crippen molar-refractivity contribution in [3.8, 4) is 0 Å². The smallest absolute Gasteiger partial charge is 0.160 e. The van der Waals surface area contributed by atoms with E-state index in [-0.39, 0.29) is 5.82 Å². The van der Waals surface area contributed by atoms with Crippen LogP contribution in [0.3, 0.4) is 0 Å². The molecule has 2 aromatic heterocycles. The molecule has 5 heteroatoms. The molecule has 0 spiro atoms. The van der Waals surface area contributed by atoms with Crippen LogP contribution in [0.2, 0.25) is 0 Å². The Labute approximate surface area is 92.5 Å². The van der Waals surface area contributed by atoms with E-state index in [9.17, 15) is 4.39 Å². The van der Waals surface area contributed by atoms with Gasteiger partial charge in [-0.3, -0.25) is 4.40 Å². The molecule has 0 aliphatic carbocycles. The molecule has 3 heterocycles. The van der Waals surface area contributed by atoms with Crippen molar-refractivity contribution in [1.82, 2.24) is 19.9 Å². The maximum Gasteiger partial charge on any atom is 0.160 e. The van der Waals surface area contributed by atoms with E-state index >= 15 is 0 Å². The Morgan fingerprint density at radius 1 is 1.25 bits per heavy atom. The van der Waals surface area contributed by atoms with Crippen molar-refractivity contribution in [3.05, 3.63) is 30.0 Å². The zero-order chi connectivity index (χ0) is 11.0. The number of pyridine rings is 1. The van der Waals surface area contributed by atoms with Gasteiger partial charge in [0.15, 0.2) is 5.65 Å². The minimum atomic E-state index is -0.248. The Morgan fingerprint density at radius 3 is 2.88 bits per heavy atom. The predicted octanol–water partition coefficient (Wildman–Crippen LogP) is 1.34. The van der Waals surface area contributed by atoms with Crippen molar-refractivity contribution in [3.63, 3.8) is 0 Å². The Bertz CT molecular complexity index is 502. The summed E-state index contributed by atoms with van der Waals surface area (Å²) >= 11 is 0. The Balaban J connectivity index is 2.05. The van der Waals surface area contributed by atoms with Gasteiger partial charge in [0.1, 0.15) is 11.6 Å². The fraction of sp³-hybridized carbons (Fsp3) is 0.455. The molecular formula is C11H13FN4. The minimum Gasteiger partial charge on any atom is -0.317 e. The van der Waals surface area contributed by atoms with Crippen molar-refractivity contribution >= 4 is 5.65 Å². The zero-order valence-corrected chi connectivity index (χ0v) is 8.86. The topological polar surface area (TPSA) is 42.2 Å². The van der Waals surface area contributed by atoms with Crippen LogP contribution in [0.15, 0.2) is 18.3 Å². The third-order valence-electron chi connectivity index (χ3n) is 3.10. The van der Waals surface area contributed by atoms with Gasteiger partial charge in [0.05, 0.1) is 0 Å². The maximum atomic E-state index is 13.2. The van der Waals surface area contributed by atoms with Crippen LogP contribution in [0.5, 0.6) is 0 Å². The second kappa shape index (κ2) is 3.83. The number of nitrogens with one attached hydrogen (secondary N) is 1. The number of hydrogen-bond donors (Lipinski definition) is 1. The minimum absolute atomic E-state index is 0.248. The van der Waals surface area contributed by atoms with E-state index in [1.165, 1.54) is 12.3 Å². The van der Waals surface area contributed by atoms with Gasteiger partial charge in [0, 0.05) is 12.1 Å². The van der Waals surface area contributed by atoms with E-state index in [0.29, 0.717) is 5.92 Å². The summed E-state index contributed by atoms with van der Waals surface area (Å²) in [4.78, 5) is 0. The second-order valence-electron chi connectivity index (χ2n) is 4.16. The lowest BCUT2D eigenvalue weighted by atomic mass is 9.97. The first-order valence-electron chi connectivity index (χ1n) is 5.55. The third-order valence-corrected chi connectivity index (χ3v) is 3.10. The number of nitrogens with zero attached hydrogens (tertiary/aromatic N) is 3. The molecule has 0 radical (unpaired) electrons. The average Bonchev–Trinajstić information content (AvgIpc) is 2.73. The van der Waals surface area contributed by atoms with E-state index in [1.54, 1.807) is 10.5 Å². The molecule has 0 atom stereocenters. The number of hydrogen-bond acceptors (Lipinski definition) is 3. The molecule has 4 nitrogen and oxygen atoms in total. The van der Waals surface area contributed by atoms with Gasteiger partial charge in [-0.1, -0.05) is 0 Å². The molecule has 0 aromatic carbocycles. The Morgan fingerprint density at radius 2 is 2.06 bits per heavy atom. The SMILES string of the molecule is Fc1ccc2nnc(C3CCNCC3)n2c1. The maximum absolute atomic E-state index is 13.2. The van der Waals surface area contributed by atoms with E-state index in [1.807, 2.05) is 0 Å². The fourth-order valence-electron chi connectivity index (χ4n) is 2.24. The zero-order valence-electron chi connectivity index (χ0n) is 8.86. The number of halogens is 1. The lowest BCUT2D eigenvalue weighted by Crippen LogP contribution is -2.27. The van der Waals surface area contributed by atoms with Crippen LogP contribution in [-0.2, 0) is 0 Å². The summed E-state index contributed by atoms with van der Waals surface area (Å²) in [6.45, 7) is 1.99. The molecule has 1 N–H and O–H groups in total. The van der Waals surface area contributed by atoms with Gasteiger partial charge < -0.3 is 5.32 Å². The molecule has 1 aliphatic heterocycles. The monoisotopic (exact) mass is 220 g/mol. The lowest BCUT2D eigenvalue weighted by molar-refractivity contribution is 0.442. The van der Waals surface area contributed by atoms with E-state index in [0.717, 1.165) is 37.4 Å². The first-order valence-corrected chi connectivity index (χ1v) is 5.55. The summed E-state index contributed by atoms with van der Waals surface area (Å²) in [5.41, 5.74) is 0.718. The van der Waals surface area contributed by atoms with Gasteiger partial charge in [0.25, 0.3) is 0 Å². The molecule has 3 rings (SSSR count). The summed E-state index contributed by atoms with van der Waals surface area (Å²) in [5.74, 6) is 1.02. The van der Waals surface area contributed by atoms with Gasteiger partial charge in [0.2, 0.25) is 0 Å². The lowest BCUT2D eigenvalue weighted by Gasteiger charge is -2.20. The van der Waals surface area contributed by atoms with Crippen molar-refractivity contribution in [1.29, 1.82) is 0 Å². The molecule has 1 saturated heterocycles. The first kappa shape index (κ1) is 9.72. The molecule has 2 aromatic rings. The van der Waals surface area contributed by atoms with Crippen LogP contribution in [0.25, 0.3) is 5.65 Å². The highest BCUT2D eigenvalue weighted by Gasteiger charge is 2.20. The second-order valence-corrected chi connectivity index (χ2v) is 4.16. The van der Waals surface area contributed by atoms with Gasteiger partial charge >= 0.3 is 0 Å². The average molecular weight is 220 g/mol. The van der Waals surface area contributed by atoms with Crippen LogP contribution >= 0.6 is 0 Å². The molecular weight excluding hydrogens is 207 g/mol. The molecule has 1 fully saturated rings. The number of fused-ring (bicyclic) bond motifs is 1. The molecule has 0 bridgehead atoms. The van der Waals surface area contributed by atoms with Crippen LogP contribution in [-0.4, -0.2) is 27.7 Å². The third kappa shape index (κ3) is 1.57. The van der Waals surface area contributed by atoms with E-state index < -0.39 is 0 Å². The normalized spacial score (nSPS) is 18.1. The molecule has 16 heavy (non-hydrogen) atoms. The standard InChI is InChI=1S/C11H13FN4/c12-9-1-2-10-14-15-11(16(10)7-9)8-3-5-13-6-4-8/h1-2,7-8,13H,3-6H2. The van der Waals surface area contributed by atoms with Crippen molar-refractivity contribution < 1.29 is 4.39 Å². The summed E-state index contributed by atoms with van der Waals surface area (Å²) < 4.78 is 14.9. The van der Waals surface area contributed by atoms with E-state index in [2.05, 4.69) is 15.5 Å². The van der Waals surface area contributed by atoms with E-state index in [4.69, 9.17) is 0 Å². The van der Waals surface area contributed by atoms with Crippen LogP contribution in [0.4, 0.5) is 4.39 Å². The van der Waals surface area contributed by atoms with Crippen LogP contribution in [0.1, 0.15) is 24.6 Å². The largest absolute Gasteiger partial charge is 0.317 e. The summed E-state index contributed by atoms with van der Waals surface area (Å²) in [6, 6.07) is 3.07. The van der Waals surface area contributed by atoms with Gasteiger partial charge in [-0.25, -0.2) is 4.39 Å². The summed E-state index contributed by atoms with van der Waals surface area (Å²) in [6.07, 6.45) is 3.54. The highest BCUT2D eigenvalue weighted by Crippen LogP contribution is 2.23. The van der Waals surface area contributed by atoms with Gasteiger partial charge in [-0.05, 0) is 38.1 Å². The van der Waals surface area contributed by atoms with Gasteiger partial charge in [-0.15, -0.1) is 10.2 Å². The van der Waals surface area contributed by atoms with Crippen molar-refractivity contribution in [2.24, 2.45) is 0 Å².